The van der Waals surface area contributed by atoms with Crippen molar-refractivity contribution in [2.45, 2.75) is 26.8 Å². The Balaban J connectivity index is 2.15. The van der Waals surface area contributed by atoms with Gasteiger partial charge in [0.05, 0.1) is 11.4 Å². The average Bonchev–Trinajstić information content (AvgIpc) is 2.42. The molecule has 0 fully saturated rings. The average molecular weight is 254 g/mol. The molecule has 2 N–H and O–H groups in total. The molecular weight excluding hydrogens is 232 g/mol. The highest BCUT2D eigenvalue weighted by atomic mass is 15.1. The van der Waals surface area contributed by atoms with Crippen LogP contribution in [-0.2, 0) is 13.0 Å². The molecule has 2 heteroatoms. The predicted octanol–water partition coefficient (Wildman–Crippen LogP) is 3.78. The van der Waals surface area contributed by atoms with Gasteiger partial charge in [-0.2, -0.15) is 0 Å². The number of hydrogen-bond donors (Lipinski definition) is 1. The molecule has 0 saturated carbocycles. The molecular formula is C17H22N2. The molecule has 0 bridgehead atoms. The molecule has 2 aromatic carbocycles. The summed E-state index contributed by atoms with van der Waals surface area (Å²) in [5, 5.41) is 0. The van der Waals surface area contributed by atoms with E-state index in [0.717, 1.165) is 24.3 Å². The lowest BCUT2D eigenvalue weighted by Gasteiger charge is -2.22. The summed E-state index contributed by atoms with van der Waals surface area (Å²) < 4.78 is 0. The molecule has 19 heavy (non-hydrogen) atoms. The lowest BCUT2D eigenvalue weighted by atomic mass is 10.1. The van der Waals surface area contributed by atoms with E-state index in [4.69, 9.17) is 5.73 Å². The summed E-state index contributed by atoms with van der Waals surface area (Å²) in [5.74, 6) is 0. The van der Waals surface area contributed by atoms with E-state index >= 15 is 0 Å². The topological polar surface area (TPSA) is 29.3 Å². The highest BCUT2D eigenvalue weighted by Crippen LogP contribution is 2.24. The van der Waals surface area contributed by atoms with Crippen molar-refractivity contribution < 1.29 is 0 Å². The zero-order chi connectivity index (χ0) is 13.8. The number of aryl methyl sites for hydroxylation is 2. The first kappa shape index (κ1) is 13.5. The Hall–Kier alpha value is -1.96. The van der Waals surface area contributed by atoms with E-state index < -0.39 is 0 Å². The van der Waals surface area contributed by atoms with Crippen molar-refractivity contribution in [2.24, 2.45) is 0 Å². The lowest BCUT2D eigenvalue weighted by Crippen LogP contribution is -2.17. The van der Waals surface area contributed by atoms with Crippen molar-refractivity contribution >= 4 is 11.4 Å². The first-order valence-electron chi connectivity index (χ1n) is 6.75. The third-order valence-corrected chi connectivity index (χ3v) is 3.45. The van der Waals surface area contributed by atoms with E-state index in [1.165, 1.54) is 16.7 Å². The number of anilines is 2. The summed E-state index contributed by atoms with van der Waals surface area (Å²) in [5.41, 5.74) is 11.9. The van der Waals surface area contributed by atoms with Crippen LogP contribution in [0.5, 0.6) is 0 Å². The molecule has 2 aromatic rings. The van der Waals surface area contributed by atoms with Crippen LogP contribution in [0.3, 0.4) is 0 Å². The molecule has 0 amide bonds. The van der Waals surface area contributed by atoms with Crippen molar-refractivity contribution in [3.63, 3.8) is 0 Å². The van der Waals surface area contributed by atoms with Gasteiger partial charge in [-0.05, 0) is 42.2 Å². The van der Waals surface area contributed by atoms with Crippen molar-refractivity contribution in [3.05, 3.63) is 59.2 Å². The van der Waals surface area contributed by atoms with Gasteiger partial charge in [0.25, 0.3) is 0 Å². The highest BCUT2D eigenvalue weighted by molar-refractivity contribution is 5.68. The van der Waals surface area contributed by atoms with E-state index in [1.807, 2.05) is 12.1 Å². The van der Waals surface area contributed by atoms with E-state index in [0.29, 0.717) is 0 Å². The fourth-order valence-electron chi connectivity index (χ4n) is 2.22. The van der Waals surface area contributed by atoms with Crippen molar-refractivity contribution in [1.82, 2.24) is 0 Å². The van der Waals surface area contributed by atoms with Crippen molar-refractivity contribution in [1.29, 1.82) is 0 Å². The minimum absolute atomic E-state index is 0.832. The summed E-state index contributed by atoms with van der Waals surface area (Å²) in [7, 11) is 2.08. The smallest absolute Gasteiger partial charge is 0.0603 e. The minimum atomic E-state index is 0.832. The zero-order valence-corrected chi connectivity index (χ0v) is 12.0. The Bertz CT molecular complexity index is 544. The largest absolute Gasteiger partial charge is 0.397 e. The summed E-state index contributed by atoms with van der Waals surface area (Å²) in [6.07, 6.45) is 1.08. The number of benzene rings is 2. The second-order valence-electron chi connectivity index (χ2n) is 5.09. The van der Waals surface area contributed by atoms with Crippen LogP contribution in [0.1, 0.15) is 23.6 Å². The van der Waals surface area contributed by atoms with Crippen LogP contribution in [0.4, 0.5) is 11.4 Å². The van der Waals surface area contributed by atoms with Crippen LogP contribution in [0, 0.1) is 6.92 Å². The predicted molar refractivity (Wildman–Crippen MR) is 83.5 cm³/mol. The van der Waals surface area contributed by atoms with Crippen LogP contribution in [-0.4, -0.2) is 7.05 Å². The number of nitrogen functional groups attached to an aromatic ring is 1. The lowest BCUT2D eigenvalue weighted by molar-refractivity contribution is 0.922. The summed E-state index contributed by atoms with van der Waals surface area (Å²) >= 11 is 0. The van der Waals surface area contributed by atoms with Crippen LogP contribution >= 0.6 is 0 Å². The SMILES string of the molecule is CCc1ccc(CN(C)c2cc(C)ccc2N)cc1. The van der Waals surface area contributed by atoms with Gasteiger partial charge < -0.3 is 10.6 Å². The summed E-state index contributed by atoms with van der Waals surface area (Å²) in [6, 6.07) is 14.9. The Morgan fingerprint density at radius 2 is 1.63 bits per heavy atom. The van der Waals surface area contributed by atoms with Gasteiger partial charge in [0.1, 0.15) is 0 Å². The molecule has 0 aliphatic rings. The van der Waals surface area contributed by atoms with Gasteiger partial charge in [0.2, 0.25) is 0 Å². The second-order valence-corrected chi connectivity index (χ2v) is 5.09. The molecule has 0 aromatic heterocycles. The first-order valence-corrected chi connectivity index (χ1v) is 6.75. The number of nitrogens with two attached hydrogens (primary N) is 1. The van der Waals surface area contributed by atoms with Gasteiger partial charge in [-0.25, -0.2) is 0 Å². The molecule has 100 valence electrons. The molecule has 0 spiro atoms. The maximum atomic E-state index is 6.05. The molecule has 0 saturated heterocycles. The maximum Gasteiger partial charge on any atom is 0.0603 e. The Kier molecular flexibility index (Phi) is 4.10. The van der Waals surface area contributed by atoms with Crippen LogP contribution in [0.2, 0.25) is 0 Å². The third-order valence-electron chi connectivity index (χ3n) is 3.45. The molecule has 0 aliphatic heterocycles. The maximum absolute atomic E-state index is 6.05. The highest BCUT2D eigenvalue weighted by Gasteiger charge is 2.06. The summed E-state index contributed by atoms with van der Waals surface area (Å²) in [6.45, 7) is 5.14. The fraction of sp³-hybridized carbons (Fsp3) is 0.294. The molecule has 2 nitrogen and oxygen atoms in total. The van der Waals surface area contributed by atoms with Crippen molar-refractivity contribution in [3.8, 4) is 0 Å². The molecule has 0 atom stereocenters. The standard InChI is InChI=1S/C17H22N2/c1-4-14-6-8-15(9-7-14)12-19(3)17-11-13(2)5-10-16(17)18/h5-11H,4,12,18H2,1-3H3. The van der Waals surface area contributed by atoms with Crippen LogP contribution < -0.4 is 10.6 Å². The van der Waals surface area contributed by atoms with E-state index in [1.54, 1.807) is 0 Å². The van der Waals surface area contributed by atoms with Crippen molar-refractivity contribution in [2.75, 3.05) is 17.7 Å². The Morgan fingerprint density at radius 3 is 2.26 bits per heavy atom. The summed E-state index contributed by atoms with van der Waals surface area (Å²) in [4.78, 5) is 2.20. The molecule has 0 heterocycles. The molecule has 0 aliphatic carbocycles. The van der Waals surface area contributed by atoms with Crippen LogP contribution in [0.25, 0.3) is 0 Å². The van der Waals surface area contributed by atoms with Gasteiger partial charge in [-0.3, -0.25) is 0 Å². The third kappa shape index (κ3) is 3.28. The Labute approximate surface area is 115 Å². The first-order chi connectivity index (χ1) is 9.10. The quantitative estimate of drug-likeness (QED) is 0.841. The normalized spacial score (nSPS) is 10.5. The fourth-order valence-corrected chi connectivity index (χ4v) is 2.22. The van der Waals surface area contributed by atoms with E-state index in [-0.39, 0.29) is 0 Å². The van der Waals surface area contributed by atoms with Gasteiger partial charge in [-0.15, -0.1) is 0 Å². The number of rotatable bonds is 4. The van der Waals surface area contributed by atoms with Gasteiger partial charge in [0.15, 0.2) is 0 Å². The van der Waals surface area contributed by atoms with Gasteiger partial charge in [-0.1, -0.05) is 37.3 Å². The second kappa shape index (κ2) is 5.79. The molecule has 0 unspecified atom stereocenters. The molecule has 2 rings (SSSR count). The zero-order valence-electron chi connectivity index (χ0n) is 12.0. The molecule has 0 radical (unpaired) electrons. The van der Waals surface area contributed by atoms with Gasteiger partial charge >= 0.3 is 0 Å². The Morgan fingerprint density at radius 1 is 1.00 bits per heavy atom. The van der Waals surface area contributed by atoms with E-state index in [9.17, 15) is 0 Å². The van der Waals surface area contributed by atoms with Crippen LogP contribution in [0.15, 0.2) is 42.5 Å². The minimum Gasteiger partial charge on any atom is -0.397 e. The number of nitrogens with zero attached hydrogens (tertiary/aromatic N) is 1. The van der Waals surface area contributed by atoms with E-state index in [2.05, 4.69) is 56.1 Å². The van der Waals surface area contributed by atoms with Gasteiger partial charge in [0, 0.05) is 13.6 Å². The number of hydrogen-bond acceptors (Lipinski definition) is 2. The monoisotopic (exact) mass is 254 g/mol.